The van der Waals surface area contributed by atoms with Crippen LogP contribution in [0.3, 0.4) is 0 Å². The molecule has 7 heteroatoms. The van der Waals surface area contributed by atoms with Gasteiger partial charge < -0.3 is 9.47 Å². The standard InChI is InChI=1S/C12H20N2O4S/c1-4-18-12(15)10-8-13-14(2)11(10)9-19(16)7-5-6-17-3/h8H,4-7,9H2,1-3H3. The molecule has 108 valence electrons. The molecule has 1 unspecified atom stereocenters. The first-order valence-corrected chi connectivity index (χ1v) is 7.60. The molecule has 0 aliphatic rings. The second-order valence-electron chi connectivity index (χ2n) is 3.98. The first-order valence-electron chi connectivity index (χ1n) is 6.12. The van der Waals surface area contributed by atoms with Crippen LogP contribution in [0, 0.1) is 0 Å². The van der Waals surface area contributed by atoms with Crippen LogP contribution in [0.5, 0.6) is 0 Å². The predicted molar refractivity (Wildman–Crippen MR) is 72.4 cm³/mol. The Bertz CT molecular complexity index is 445. The van der Waals surface area contributed by atoms with Gasteiger partial charge >= 0.3 is 5.97 Å². The summed E-state index contributed by atoms with van der Waals surface area (Å²) in [6.07, 6.45) is 2.19. The van der Waals surface area contributed by atoms with Gasteiger partial charge in [-0.05, 0) is 13.3 Å². The van der Waals surface area contributed by atoms with Gasteiger partial charge in [-0.3, -0.25) is 8.89 Å². The summed E-state index contributed by atoms with van der Waals surface area (Å²) < 4.78 is 23.4. The lowest BCUT2D eigenvalue weighted by molar-refractivity contribution is 0.0525. The lowest BCUT2D eigenvalue weighted by Crippen LogP contribution is -2.12. The van der Waals surface area contributed by atoms with E-state index in [-0.39, 0.29) is 0 Å². The molecular weight excluding hydrogens is 268 g/mol. The third-order valence-electron chi connectivity index (χ3n) is 2.58. The highest BCUT2D eigenvalue weighted by molar-refractivity contribution is 7.84. The van der Waals surface area contributed by atoms with E-state index >= 15 is 0 Å². The van der Waals surface area contributed by atoms with Crippen LogP contribution in [0.25, 0.3) is 0 Å². The molecule has 1 aromatic heterocycles. The molecule has 0 aliphatic heterocycles. The summed E-state index contributed by atoms with van der Waals surface area (Å²) >= 11 is 0. The van der Waals surface area contributed by atoms with Crippen LogP contribution >= 0.6 is 0 Å². The van der Waals surface area contributed by atoms with Gasteiger partial charge in [0.15, 0.2) is 0 Å². The molecule has 0 bridgehead atoms. The van der Waals surface area contributed by atoms with Crippen molar-refractivity contribution in [3.63, 3.8) is 0 Å². The van der Waals surface area contributed by atoms with Crippen LogP contribution in [0.4, 0.5) is 0 Å². The molecule has 0 spiro atoms. The lowest BCUT2D eigenvalue weighted by Gasteiger charge is -2.06. The van der Waals surface area contributed by atoms with E-state index in [1.165, 1.54) is 6.20 Å². The third kappa shape index (κ3) is 4.76. The Morgan fingerprint density at radius 3 is 2.89 bits per heavy atom. The van der Waals surface area contributed by atoms with Crippen molar-refractivity contribution in [1.29, 1.82) is 0 Å². The summed E-state index contributed by atoms with van der Waals surface area (Å²) in [5.74, 6) is 0.426. The van der Waals surface area contributed by atoms with Crippen molar-refractivity contribution in [2.75, 3.05) is 26.1 Å². The van der Waals surface area contributed by atoms with E-state index < -0.39 is 16.8 Å². The minimum absolute atomic E-state index is 0.300. The van der Waals surface area contributed by atoms with Crippen molar-refractivity contribution in [2.24, 2.45) is 7.05 Å². The number of hydrogen-bond donors (Lipinski definition) is 0. The maximum atomic E-state index is 11.9. The Balaban J connectivity index is 2.69. The van der Waals surface area contributed by atoms with Crippen LogP contribution in [-0.2, 0) is 33.1 Å². The zero-order valence-electron chi connectivity index (χ0n) is 11.5. The van der Waals surface area contributed by atoms with Crippen LogP contribution in [0.1, 0.15) is 29.4 Å². The van der Waals surface area contributed by atoms with Gasteiger partial charge in [-0.15, -0.1) is 0 Å². The molecule has 1 atom stereocenters. The van der Waals surface area contributed by atoms with E-state index in [0.29, 0.717) is 36.0 Å². The molecular formula is C12H20N2O4S. The fourth-order valence-corrected chi connectivity index (χ4v) is 2.83. The number of rotatable bonds is 8. The molecule has 19 heavy (non-hydrogen) atoms. The second-order valence-corrected chi connectivity index (χ2v) is 5.56. The van der Waals surface area contributed by atoms with Gasteiger partial charge in [-0.2, -0.15) is 5.10 Å². The quantitative estimate of drug-likeness (QED) is 0.524. The molecule has 0 radical (unpaired) electrons. The van der Waals surface area contributed by atoms with Crippen molar-refractivity contribution >= 4 is 16.8 Å². The summed E-state index contributed by atoms with van der Waals surface area (Å²) in [5, 5.41) is 4.03. The van der Waals surface area contributed by atoms with E-state index in [9.17, 15) is 9.00 Å². The first-order chi connectivity index (χ1) is 9.10. The van der Waals surface area contributed by atoms with E-state index in [0.717, 1.165) is 6.42 Å². The Morgan fingerprint density at radius 2 is 2.26 bits per heavy atom. The summed E-state index contributed by atoms with van der Waals surface area (Å²) in [6, 6.07) is 0. The zero-order valence-corrected chi connectivity index (χ0v) is 12.4. The van der Waals surface area contributed by atoms with Gasteiger partial charge in [-0.1, -0.05) is 0 Å². The Hall–Kier alpha value is -1.21. The largest absolute Gasteiger partial charge is 0.462 e. The minimum Gasteiger partial charge on any atom is -0.462 e. The number of methoxy groups -OCH3 is 1. The number of hydrogen-bond acceptors (Lipinski definition) is 5. The summed E-state index contributed by atoms with van der Waals surface area (Å²) in [6.45, 7) is 2.64. The van der Waals surface area contributed by atoms with E-state index in [1.54, 1.807) is 25.8 Å². The average Bonchev–Trinajstić information content (AvgIpc) is 2.72. The van der Waals surface area contributed by atoms with Gasteiger partial charge in [0.05, 0.1) is 24.3 Å². The molecule has 0 amide bonds. The fraction of sp³-hybridized carbons (Fsp3) is 0.667. The van der Waals surface area contributed by atoms with Gasteiger partial charge in [0.25, 0.3) is 0 Å². The first kappa shape index (κ1) is 15.8. The molecule has 0 saturated carbocycles. The lowest BCUT2D eigenvalue weighted by atomic mass is 10.3. The van der Waals surface area contributed by atoms with E-state index in [1.807, 2.05) is 0 Å². The zero-order chi connectivity index (χ0) is 14.3. The highest BCUT2D eigenvalue weighted by Crippen LogP contribution is 2.12. The van der Waals surface area contributed by atoms with Crippen LogP contribution in [0.15, 0.2) is 6.20 Å². The highest BCUT2D eigenvalue weighted by Gasteiger charge is 2.18. The molecule has 0 aromatic carbocycles. The van der Waals surface area contributed by atoms with Crippen LogP contribution in [0.2, 0.25) is 0 Å². The molecule has 1 rings (SSSR count). The smallest absolute Gasteiger partial charge is 0.341 e. The fourth-order valence-electron chi connectivity index (χ4n) is 1.60. The number of aromatic nitrogens is 2. The van der Waals surface area contributed by atoms with Crippen molar-refractivity contribution in [2.45, 2.75) is 19.1 Å². The molecule has 0 aliphatic carbocycles. The maximum absolute atomic E-state index is 11.9. The number of carbonyl (C=O) groups excluding carboxylic acids is 1. The van der Waals surface area contributed by atoms with Gasteiger partial charge in [0.2, 0.25) is 0 Å². The summed E-state index contributed by atoms with van der Waals surface area (Å²) in [4.78, 5) is 11.7. The molecule has 1 aromatic rings. The summed E-state index contributed by atoms with van der Waals surface area (Å²) in [7, 11) is 2.30. The maximum Gasteiger partial charge on any atom is 0.341 e. The molecule has 0 fully saturated rings. The number of esters is 1. The molecule has 6 nitrogen and oxygen atoms in total. The monoisotopic (exact) mass is 288 g/mol. The van der Waals surface area contributed by atoms with Crippen molar-refractivity contribution in [1.82, 2.24) is 9.78 Å². The minimum atomic E-state index is -1.04. The number of aryl methyl sites for hydroxylation is 1. The van der Waals surface area contributed by atoms with Crippen LogP contribution < -0.4 is 0 Å². The number of carbonyl (C=O) groups is 1. The van der Waals surface area contributed by atoms with E-state index in [4.69, 9.17) is 9.47 Å². The average molecular weight is 288 g/mol. The van der Waals surface area contributed by atoms with Gasteiger partial charge in [-0.25, -0.2) is 4.79 Å². The van der Waals surface area contributed by atoms with Crippen LogP contribution in [-0.4, -0.2) is 46.0 Å². The van der Waals surface area contributed by atoms with Crippen molar-refractivity contribution in [3.05, 3.63) is 17.5 Å². The topological polar surface area (TPSA) is 70.4 Å². The van der Waals surface area contributed by atoms with Crippen molar-refractivity contribution < 1.29 is 18.5 Å². The predicted octanol–water partition coefficient (Wildman–Crippen LogP) is 0.882. The highest BCUT2D eigenvalue weighted by atomic mass is 32.2. The number of nitrogens with zero attached hydrogens (tertiary/aromatic N) is 2. The molecule has 1 heterocycles. The Kier molecular flexibility index (Phi) is 6.72. The normalized spacial score (nSPS) is 12.4. The third-order valence-corrected chi connectivity index (χ3v) is 3.91. The van der Waals surface area contributed by atoms with Crippen molar-refractivity contribution in [3.8, 4) is 0 Å². The summed E-state index contributed by atoms with van der Waals surface area (Å²) in [5.41, 5.74) is 1.04. The second kappa shape index (κ2) is 8.06. The van der Waals surface area contributed by atoms with E-state index in [2.05, 4.69) is 5.10 Å². The van der Waals surface area contributed by atoms with Gasteiger partial charge in [0.1, 0.15) is 5.56 Å². The molecule has 0 saturated heterocycles. The van der Waals surface area contributed by atoms with Gasteiger partial charge in [0, 0.05) is 37.3 Å². The number of ether oxygens (including phenoxy) is 2. The Morgan fingerprint density at radius 1 is 1.53 bits per heavy atom. The Labute approximate surface area is 115 Å². The SMILES string of the molecule is CCOC(=O)c1cnn(C)c1CS(=O)CCCOC. The molecule has 0 N–H and O–H groups in total.